The van der Waals surface area contributed by atoms with Crippen molar-refractivity contribution in [2.24, 2.45) is 0 Å². The molecule has 2 rings (SSSR count). The van der Waals surface area contributed by atoms with Gasteiger partial charge in [-0.3, -0.25) is 14.5 Å². The molecule has 1 aliphatic heterocycles. The lowest BCUT2D eigenvalue weighted by atomic mass is 10.1. The Morgan fingerprint density at radius 2 is 2.35 bits per heavy atom. The van der Waals surface area contributed by atoms with Crippen LogP contribution in [0.15, 0.2) is 24.3 Å². The minimum atomic E-state index is -0.570. The van der Waals surface area contributed by atoms with Crippen LogP contribution in [0.4, 0.5) is 4.39 Å². The van der Waals surface area contributed by atoms with E-state index in [1.54, 1.807) is 12.1 Å². The molecule has 1 N–H and O–H groups in total. The third kappa shape index (κ3) is 3.54. The van der Waals surface area contributed by atoms with Gasteiger partial charge in [-0.25, -0.2) is 4.39 Å². The van der Waals surface area contributed by atoms with E-state index in [2.05, 4.69) is 10.1 Å². The minimum Gasteiger partial charge on any atom is -0.469 e. The number of nitrogens with zero attached hydrogens (tertiary/aromatic N) is 1. The molecule has 108 valence electrons. The molecule has 0 saturated carbocycles. The fourth-order valence-corrected chi connectivity index (χ4v) is 2.28. The van der Waals surface area contributed by atoms with Crippen LogP contribution >= 0.6 is 0 Å². The summed E-state index contributed by atoms with van der Waals surface area (Å²) in [7, 11) is 1.29. The largest absolute Gasteiger partial charge is 0.469 e. The van der Waals surface area contributed by atoms with E-state index in [-0.39, 0.29) is 18.1 Å². The van der Waals surface area contributed by atoms with Gasteiger partial charge in [-0.05, 0) is 17.7 Å². The smallest absolute Gasteiger partial charge is 0.307 e. The molecular weight excluding hydrogens is 263 g/mol. The Labute approximate surface area is 116 Å². The van der Waals surface area contributed by atoms with Crippen LogP contribution in [-0.2, 0) is 20.9 Å². The van der Waals surface area contributed by atoms with Crippen LogP contribution in [0, 0.1) is 5.82 Å². The molecule has 1 heterocycles. The van der Waals surface area contributed by atoms with E-state index in [0.717, 1.165) is 5.56 Å². The van der Waals surface area contributed by atoms with Crippen molar-refractivity contribution in [3.8, 4) is 0 Å². The number of halogens is 1. The summed E-state index contributed by atoms with van der Waals surface area (Å²) in [5.41, 5.74) is 0.773. The molecule has 1 aliphatic rings. The van der Waals surface area contributed by atoms with Gasteiger partial charge in [0.05, 0.1) is 13.5 Å². The lowest BCUT2D eigenvalue weighted by Crippen LogP contribution is -2.55. The van der Waals surface area contributed by atoms with Crippen LogP contribution < -0.4 is 5.32 Å². The molecule has 1 aromatic carbocycles. The zero-order valence-corrected chi connectivity index (χ0v) is 11.3. The number of hydrogen-bond donors (Lipinski definition) is 1. The standard InChI is InChI=1S/C14H17FN2O3/c1-20-13(18)8-12-14(19)16-5-6-17(12)9-10-3-2-4-11(15)7-10/h2-4,7,12H,5-6,8-9H2,1H3,(H,16,19)/t12-/m1/s1. The molecule has 1 fully saturated rings. The number of carbonyl (C=O) groups excluding carboxylic acids is 2. The zero-order valence-electron chi connectivity index (χ0n) is 11.3. The lowest BCUT2D eigenvalue weighted by Gasteiger charge is -2.34. The summed E-state index contributed by atoms with van der Waals surface area (Å²) in [4.78, 5) is 25.1. The first-order valence-electron chi connectivity index (χ1n) is 6.43. The molecule has 5 nitrogen and oxygen atoms in total. The normalized spacial score (nSPS) is 19.5. The second-order valence-electron chi connectivity index (χ2n) is 4.69. The average molecular weight is 280 g/mol. The van der Waals surface area contributed by atoms with Gasteiger partial charge in [-0.2, -0.15) is 0 Å². The highest BCUT2D eigenvalue weighted by Crippen LogP contribution is 2.15. The van der Waals surface area contributed by atoms with Crippen LogP contribution in [0.5, 0.6) is 0 Å². The maximum Gasteiger partial charge on any atom is 0.307 e. The molecule has 1 saturated heterocycles. The molecular formula is C14H17FN2O3. The molecule has 0 radical (unpaired) electrons. The van der Waals surface area contributed by atoms with Crippen LogP contribution in [0.25, 0.3) is 0 Å². The number of piperazine rings is 1. The van der Waals surface area contributed by atoms with Crippen LogP contribution in [-0.4, -0.2) is 43.0 Å². The van der Waals surface area contributed by atoms with E-state index >= 15 is 0 Å². The Bertz CT molecular complexity index is 507. The Kier molecular flexibility index (Phi) is 4.68. The molecule has 6 heteroatoms. The third-order valence-corrected chi connectivity index (χ3v) is 3.30. The molecule has 1 aromatic rings. The Balaban J connectivity index is 2.10. The summed E-state index contributed by atoms with van der Waals surface area (Å²) >= 11 is 0. The quantitative estimate of drug-likeness (QED) is 0.824. The molecule has 0 aliphatic carbocycles. The maximum atomic E-state index is 13.2. The number of nitrogens with one attached hydrogen (secondary N) is 1. The molecule has 0 spiro atoms. The van der Waals surface area contributed by atoms with E-state index in [4.69, 9.17) is 0 Å². The Hall–Kier alpha value is -1.95. The highest BCUT2D eigenvalue weighted by molar-refractivity contribution is 5.87. The number of hydrogen-bond acceptors (Lipinski definition) is 4. The van der Waals surface area contributed by atoms with Crippen LogP contribution in [0.3, 0.4) is 0 Å². The highest BCUT2D eigenvalue weighted by Gasteiger charge is 2.31. The van der Waals surface area contributed by atoms with Gasteiger partial charge < -0.3 is 10.1 Å². The molecule has 1 amide bonds. The number of carbonyl (C=O) groups is 2. The number of esters is 1. The van der Waals surface area contributed by atoms with Gasteiger partial charge in [0.1, 0.15) is 11.9 Å². The van der Waals surface area contributed by atoms with Crippen LogP contribution in [0.2, 0.25) is 0 Å². The van der Waals surface area contributed by atoms with Gasteiger partial charge in [0.25, 0.3) is 0 Å². The summed E-state index contributed by atoms with van der Waals surface area (Å²) in [6.07, 6.45) is -0.00233. The van der Waals surface area contributed by atoms with Crippen molar-refractivity contribution in [3.05, 3.63) is 35.6 Å². The van der Waals surface area contributed by atoms with Gasteiger partial charge in [0.15, 0.2) is 0 Å². The Morgan fingerprint density at radius 3 is 3.05 bits per heavy atom. The molecule has 0 unspecified atom stereocenters. The summed E-state index contributed by atoms with van der Waals surface area (Å²) < 4.78 is 17.8. The van der Waals surface area contributed by atoms with Crippen molar-refractivity contribution in [1.82, 2.24) is 10.2 Å². The fourth-order valence-electron chi connectivity index (χ4n) is 2.28. The van der Waals surface area contributed by atoms with Crippen molar-refractivity contribution in [3.63, 3.8) is 0 Å². The van der Waals surface area contributed by atoms with Crippen molar-refractivity contribution < 1.29 is 18.7 Å². The Morgan fingerprint density at radius 1 is 1.55 bits per heavy atom. The van der Waals surface area contributed by atoms with Gasteiger partial charge in [-0.15, -0.1) is 0 Å². The van der Waals surface area contributed by atoms with Crippen molar-refractivity contribution in [2.45, 2.75) is 19.0 Å². The summed E-state index contributed by atoms with van der Waals surface area (Å²) in [5, 5.41) is 2.73. The minimum absolute atomic E-state index is 0.00233. The first-order valence-corrected chi connectivity index (χ1v) is 6.43. The van der Waals surface area contributed by atoms with Gasteiger partial charge in [0.2, 0.25) is 5.91 Å². The first-order chi connectivity index (χ1) is 9.60. The predicted octanol–water partition coefficient (Wildman–Crippen LogP) is 0.689. The highest BCUT2D eigenvalue weighted by atomic mass is 19.1. The van der Waals surface area contributed by atoms with E-state index in [9.17, 15) is 14.0 Å². The van der Waals surface area contributed by atoms with Crippen molar-refractivity contribution >= 4 is 11.9 Å². The number of benzene rings is 1. The van der Waals surface area contributed by atoms with E-state index in [0.29, 0.717) is 19.6 Å². The predicted molar refractivity (Wildman–Crippen MR) is 70.2 cm³/mol. The fraction of sp³-hybridized carbons (Fsp3) is 0.429. The van der Waals surface area contributed by atoms with Crippen LogP contribution in [0.1, 0.15) is 12.0 Å². The summed E-state index contributed by atoms with van der Waals surface area (Å²) in [6, 6.07) is 5.66. The van der Waals surface area contributed by atoms with E-state index in [1.807, 2.05) is 4.90 Å². The third-order valence-electron chi connectivity index (χ3n) is 3.30. The van der Waals surface area contributed by atoms with Crippen molar-refractivity contribution in [1.29, 1.82) is 0 Å². The second-order valence-corrected chi connectivity index (χ2v) is 4.69. The molecule has 1 atom stereocenters. The van der Waals surface area contributed by atoms with E-state index < -0.39 is 12.0 Å². The molecule has 0 bridgehead atoms. The van der Waals surface area contributed by atoms with Gasteiger partial charge in [0, 0.05) is 19.6 Å². The number of methoxy groups -OCH3 is 1. The summed E-state index contributed by atoms with van der Waals surface area (Å²) in [5.74, 6) is -0.942. The topological polar surface area (TPSA) is 58.6 Å². The van der Waals surface area contributed by atoms with Crippen molar-refractivity contribution in [2.75, 3.05) is 20.2 Å². The number of ether oxygens (including phenoxy) is 1. The first kappa shape index (κ1) is 14.5. The van der Waals surface area contributed by atoms with Gasteiger partial charge in [-0.1, -0.05) is 12.1 Å². The second kappa shape index (κ2) is 6.47. The SMILES string of the molecule is COC(=O)C[C@@H]1C(=O)NCCN1Cc1cccc(F)c1. The lowest BCUT2D eigenvalue weighted by molar-refractivity contribution is -0.146. The maximum absolute atomic E-state index is 13.2. The zero-order chi connectivity index (χ0) is 14.5. The summed E-state index contributed by atoms with van der Waals surface area (Å²) in [6.45, 7) is 1.56. The number of rotatable bonds is 4. The average Bonchev–Trinajstić information content (AvgIpc) is 2.42. The molecule has 0 aromatic heterocycles. The van der Waals surface area contributed by atoms with Gasteiger partial charge >= 0.3 is 5.97 Å². The number of amides is 1. The monoisotopic (exact) mass is 280 g/mol. The van der Waals surface area contributed by atoms with E-state index in [1.165, 1.54) is 19.2 Å². The molecule has 20 heavy (non-hydrogen) atoms.